The van der Waals surface area contributed by atoms with Crippen LogP contribution in [0.4, 0.5) is 5.69 Å². The minimum absolute atomic E-state index is 0.0661. The van der Waals surface area contributed by atoms with Gasteiger partial charge in [-0.1, -0.05) is 18.2 Å². The number of piperidine rings is 1. The smallest absolute Gasteiger partial charge is 0.239 e. The molecule has 0 saturated carbocycles. The molecule has 1 amide bonds. The summed E-state index contributed by atoms with van der Waals surface area (Å²) in [5, 5.41) is 9.60. The highest BCUT2D eigenvalue weighted by Crippen LogP contribution is 2.18. The van der Waals surface area contributed by atoms with Crippen LogP contribution in [0.25, 0.3) is 0 Å². The zero-order valence-electron chi connectivity index (χ0n) is 11.8. The number of amides is 1. The molecule has 1 unspecified atom stereocenters. The molecule has 3 N–H and O–H groups in total. The third-order valence-corrected chi connectivity index (χ3v) is 3.57. The molecule has 0 spiro atoms. The van der Waals surface area contributed by atoms with Gasteiger partial charge >= 0.3 is 0 Å². The van der Waals surface area contributed by atoms with E-state index in [1.165, 1.54) is 11.1 Å². The van der Waals surface area contributed by atoms with Crippen molar-refractivity contribution in [2.45, 2.75) is 32.7 Å². The minimum Gasteiger partial charge on any atom is -0.376 e. The molecule has 2 rings (SSSR count). The van der Waals surface area contributed by atoms with Gasteiger partial charge in [-0.3, -0.25) is 4.79 Å². The number of nitrogens with one attached hydrogen (secondary N) is 3. The van der Waals surface area contributed by atoms with Crippen molar-refractivity contribution in [1.29, 1.82) is 0 Å². The van der Waals surface area contributed by atoms with Crippen LogP contribution in [0, 0.1) is 13.8 Å². The third kappa shape index (κ3) is 3.96. The molecular formula is C15H23N3O. The molecule has 0 aliphatic carbocycles. The summed E-state index contributed by atoms with van der Waals surface area (Å²) in [7, 11) is 0. The number of aryl methyl sites for hydroxylation is 2. The van der Waals surface area contributed by atoms with Gasteiger partial charge in [0.2, 0.25) is 5.91 Å². The normalized spacial score (nSPS) is 18.9. The molecule has 4 heteroatoms. The first-order valence-electron chi connectivity index (χ1n) is 6.97. The van der Waals surface area contributed by atoms with Gasteiger partial charge in [0.15, 0.2) is 0 Å². The Morgan fingerprint density at radius 2 is 2.11 bits per heavy atom. The number of rotatable bonds is 4. The number of para-hydroxylation sites is 1. The maximum atomic E-state index is 11.9. The van der Waals surface area contributed by atoms with Gasteiger partial charge in [-0.25, -0.2) is 0 Å². The molecule has 0 bridgehead atoms. The van der Waals surface area contributed by atoms with Crippen molar-refractivity contribution in [3.63, 3.8) is 0 Å². The van der Waals surface area contributed by atoms with E-state index in [1.807, 2.05) is 6.07 Å². The van der Waals surface area contributed by atoms with Crippen LogP contribution in [0.3, 0.4) is 0 Å². The number of carbonyl (C=O) groups is 1. The molecule has 1 aromatic rings. The number of carbonyl (C=O) groups excluding carboxylic acids is 1. The molecule has 4 nitrogen and oxygen atoms in total. The van der Waals surface area contributed by atoms with E-state index < -0.39 is 0 Å². The van der Waals surface area contributed by atoms with Crippen LogP contribution in [0.5, 0.6) is 0 Å². The predicted octanol–water partition coefficient (Wildman–Crippen LogP) is 1.58. The molecule has 104 valence electrons. The van der Waals surface area contributed by atoms with Crippen molar-refractivity contribution < 1.29 is 4.79 Å². The van der Waals surface area contributed by atoms with Gasteiger partial charge in [0.25, 0.3) is 0 Å². The molecule has 1 heterocycles. The van der Waals surface area contributed by atoms with E-state index in [4.69, 9.17) is 0 Å². The van der Waals surface area contributed by atoms with Gasteiger partial charge in [0, 0.05) is 18.3 Å². The van der Waals surface area contributed by atoms with E-state index in [0.29, 0.717) is 6.54 Å². The molecule has 19 heavy (non-hydrogen) atoms. The summed E-state index contributed by atoms with van der Waals surface area (Å²) >= 11 is 0. The van der Waals surface area contributed by atoms with Crippen molar-refractivity contribution in [3.05, 3.63) is 29.3 Å². The Morgan fingerprint density at radius 1 is 1.37 bits per heavy atom. The zero-order valence-corrected chi connectivity index (χ0v) is 11.8. The maximum absolute atomic E-state index is 11.9. The highest BCUT2D eigenvalue weighted by atomic mass is 16.2. The lowest BCUT2D eigenvalue weighted by molar-refractivity contribution is -0.120. The zero-order chi connectivity index (χ0) is 13.7. The highest BCUT2D eigenvalue weighted by molar-refractivity contribution is 5.81. The fourth-order valence-corrected chi connectivity index (χ4v) is 2.52. The monoisotopic (exact) mass is 261 g/mol. The summed E-state index contributed by atoms with van der Waals surface area (Å²) in [4.78, 5) is 11.9. The summed E-state index contributed by atoms with van der Waals surface area (Å²) < 4.78 is 0. The van der Waals surface area contributed by atoms with Crippen LogP contribution < -0.4 is 16.0 Å². The quantitative estimate of drug-likeness (QED) is 0.771. The van der Waals surface area contributed by atoms with Crippen LogP contribution in [-0.4, -0.2) is 31.6 Å². The Balaban J connectivity index is 1.83. The molecule has 1 fully saturated rings. The van der Waals surface area contributed by atoms with Crippen molar-refractivity contribution >= 4 is 11.6 Å². The van der Waals surface area contributed by atoms with Gasteiger partial charge in [0.1, 0.15) is 0 Å². The minimum atomic E-state index is 0.0661. The Bertz CT molecular complexity index is 419. The summed E-state index contributed by atoms with van der Waals surface area (Å²) in [6.07, 6.45) is 2.21. The van der Waals surface area contributed by atoms with Crippen LogP contribution in [0.15, 0.2) is 18.2 Å². The molecule has 0 radical (unpaired) electrons. The average Bonchev–Trinajstić information content (AvgIpc) is 2.39. The van der Waals surface area contributed by atoms with Crippen LogP contribution >= 0.6 is 0 Å². The number of hydrogen-bond donors (Lipinski definition) is 3. The Labute approximate surface area is 115 Å². The second-order valence-electron chi connectivity index (χ2n) is 5.23. The van der Waals surface area contributed by atoms with Crippen molar-refractivity contribution in [2.75, 3.05) is 25.0 Å². The Hall–Kier alpha value is -1.55. The Kier molecular flexibility index (Phi) is 4.80. The fourth-order valence-electron chi connectivity index (χ4n) is 2.52. The van der Waals surface area contributed by atoms with Crippen LogP contribution in [0.2, 0.25) is 0 Å². The van der Waals surface area contributed by atoms with Gasteiger partial charge in [-0.05, 0) is 44.4 Å². The van der Waals surface area contributed by atoms with Gasteiger partial charge < -0.3 is 16.0 Å². The first kappa shape index (κ1) is 13.9. The first-order valence-corrected chi connectivity index (χ1v) is 6.97. The second kappa shape index (κ2) is 6.57. The van der Waals surface area contributed by atoms with E-state index in [1.54, 1.807) is 0 Å². The molecule has 1 aliphatic rings. The molecular weight excluding hydrogens is 238 g/mol. The maximum Gasteiger partial charge on any atom is 0.239 e. The predicted molar refractivity (Wildman–Crippen MR) is 78.4 cm³/mol. The van der Waals surface area contributed by atoms with Crippen molar-refractivity contribution in [2.24, 2.45) is 0 Å². The van der Waals surface area contributed by atoms with Gasteiger partial charge in [-0.2, -0.15) is 0 Å². The second-order valence-corrected chi connectivity index (χ2v) is 5.23. The van der Waals surface area contributed by atoms with E-state index in [2.05, 4.69) is 41.9 Å². The number of benzene rings is 1. The van der Waals surface area contributed by atoms with Gasteiger partial charge in [0.05, 0.1) is 6.54 Å². The number of hydrogen-bond acceptors (Lipinski definition) is 3. The molecule has 1 atom stereocenters. The number of anilines is 1. The average molecular weight is 261 g/mol. The summed E-state index contributed by atoms with van der Waals surface area (Å²) in [5.41, 5.74) is 3.42. The summed E-state index contributed by atoms with van der Waals surface area (Å²) in [5.74, 6) is 0.0661. The SMILES string of the molecule is Cc1cccc(C)c1NCC(=O)NC1CCCNC1. The topological polar surface area (TPSA) is 53.2 Å². The first-order chi connectivity index (χ1) is 9.16. The Morgan fingerprint density at radius 3 is 2.74 bits per heavy atom. The van der Waals surface area contributed by atoms with Gasteiger partial charge in [-0.15, -0.1) is 0 Å². The van der Waals surface area contributed by atoms with Crippen molar-refractivity contribution in [3.8, 4) is 0 Å². The summed E-state index contributed by atoms with van der Waals surface area (Å²) in [6.45, 7) is 6.39. The van der Waals surface area contributed by atoms with Crippen LogP contribution in [-0.2, 0) is 4.79 Å². The van der Waals surface area contributed by atoms with Crippen LogP contribution in [0.1, 0.15) is 24.0 Å². The molecule has 1 aromatic carbocycles. The van der Waals surface area contributed by atoms with Crippen molar-refractivity contribution in [1.82, 2.24) is 10.6 Å². The summed E-state index contributed by atoms with van der Waals surface area (Å²) in [6, 6.07) is 6.42. The third-order valence-electron chi connectivity index (χ3n) is 3.57. The lowest BCUT2D eigenvalue weighted by atomic mass is 10.1. The van der Waals surface area contributed by atoms with E-state index in [9.17, 15) is 4.79 Å². The lowest BCUT2D eigenvalue weighted by Crippen LogP contribution is -2.47. The molecule has 0 aromatic heterocycles. The fraction of sp³-hybridized carbons (Fsp3) is 0.533. The van der Waals surface area contributed by atoms with E-state index in [0.717, 1.165) is 31.6 Å². The standard InChI is InChI=1S/C15H23N3O/c1-11-5-3-6-12(2)15(11)17-10-14(19)18-13-7-4-8-16-9-13/h3,5-6,13,16-17H,4,7-10H2,1-2H3,(H,18,19). The largest absolute Gasteiger partial charge is 0.376 e. The molecule has 1 saturated heterocycles. The lowest BCUT2D eigenvalue weighted by Gasteiger charge is -2.24. The van der Waals surface area contributed by atoms with E-state index >= 15 is 0 Å². The van der Waals surface area contributed by atoms with E-state index in [-0.39, 0.29) is 11.9 Å². The highest BCUT2D eigenvalue weighted by Gasteiger charge is 2.15. The molecule has 1 aliphatic heterocycles.